The van der Waals surface area contributed by atoms with Crippen LogP contribution in [0.1, 0.15) is 81.2 Å². The fourth-order valence-electron chi connectivity index (χ4n) is 8.48. The highest BCUT2D eigenvalue weighted by molar-refractivity contribution is 7.40. The standard InChI is InChI=1S/C50H36F8N2O2S5/c1-3-5-7-9-11-24-19-31(47-25(12-10-8-6-4-2)18-29(65-47)30-21-33-49(66-30)48-32(64-33)20-28(63-48)17-26(22-59)50(61)62)67-46(24)23-13-15-27(16-14-23)60-44-34(36(51)38(53)40(55)42(44)57)35-37(52)39(54)41(56)43(58)45(35)60/h13-21H,3-12H2,1-2H3,(H,61,62)/b26-17+. The lowest BCUT2D eigenvalue weighted by atomic mass is 10.0. The molecule has 0 saturated heterocycles. The number of hydrogen-bond donors (Lipinski definition) is 1. The SMILES string of the molecule is CCCCCCc1cc(-c2sc(-c3cc4sc5cc(/C=C(\C#N)C(=O)O)sc5c4s3)cc2CCCCCC)sc1-c1ccc(-n2c3c(F)c(F)c(F)c(F)c3c3c(F)c(F)c(F)c(F)c32)cc1. The topological polar surface area (TPSA) is 66.0 Å². The molecule has 9 aromatic rings. The highest BCUT2D eigenvalue weighted by atomic mass is 32.1. The van der Waals surface area contributed by atoms with Gasteiger partial charge in [0.1, 0.15) is 11.6 Å². The predicted molar refractivity (Wildman–Crippen MR) is 258 cm³/mol. The first kappa shape index (κ1) is 46.7. The van der Waals surface area contributed by atoms with Crippen LogP contribution in [-0.2, 0) is 17.6 Å². The molecule has 0 fully saturated rings. The zero-order valence-electron chi connectivity index (χ0n) is 35.6. The molecule has 17 heteroatoms. The smallest absolute Gasteiger partial charge is 0.346 e. The van der Waals surface area contributed by atoms with Gasteiger partial charge in [-0.25, -0.2) is 39.9 Å². The number of aromatic nitrogens is 1. The van der Waals surface area contributed by atoms with E-state index < -0.39 is 74.3 Å². The molecule has 0 atom stereocenters. The molecular formula is C50H36F8N2O2S5. The Hall–Kier alpha value is -5.38. The number of halogens is 8. The molecule has 67 heavy (non-hydrogen) atoms. The van der Waals surface area contributed by atoms with Gasteiger partial charge in [-0.05, 0) is 84.8 Å². The van der Waals surface area contributed by atoms with E-state index in [9.17, 15) is 32.7 Å². The third-order valence-electron chi connectivity index (χ3n) is 11.7. The lowest BCUT2D eigenvalue weighted by molar-refractivity contribution is -0.132. The van der Waals surface area contributed by atoms with Crippen LogP contribution in [0.25, 0.3) is 82.3 Å². The number of benzene rings is 3. The average molecular weight is 1010 g/mol. The molecule has 0 bridgehead atoms. The van der Waals surface area contributed by atoms with Crippen molar-refractivity contribution in [3.05, 3.63) is 117 Å². The molecule has 0 aliphatic heterocycles. The van der Waals surface area contributed by atoms with Gasteiger partial charge < -0.3 is 9.67 Å². The summed E-state index contributed by atoms with van der Waals surface area (Å²) >= 11 is 8.03. The molecule has 0 radical (unpaired) electrons. The Morgan fingerprint density at radius 3 is 1.67 bits per heavy atom. The van der Waals surface area contributed by atoms with Crippen LogP contribution in [0.3, 0.4) is 0 Å². The lowest BCUT2D eigenvalue weighted by Gasteiger charge is -2.11. The molecule has 1 N–H and O–H groups in total. The van der Waals surface area contributed by atoms with E-state index in [1.54, 1.807) is 63.5 Å². The van der Waals surface area contributed by atoms with Crippen LogP contribution in [0.5, 0.6) is 0 Å². The maximum Gasteiger partial charge on any atom is 0.346 e. The summed E-state index contributed by atoms with van der Waals surface area (Å²) in [4.78, 5) is 17.5. The van der Waals surface area contributed by atoms with E-state index in [-0.39, 0.29) is 11.3 Å². The third-order valence-corrected chi connectivity index (χ3v) is 18.2. The summed E-state index contributed by atoms with van der Waals surface area (Å²) < 4.78 is 125. The van der Waals surface area contributed by atoms with Crippen molar-refractivity contribution < 1.29 is 45.0 Å². The molecule has 0 amide bonds. The molecule has 344 valence electrons. The highest BCUT2D eigenvalue weighted by Crippen LogP contribution is 2.51. The van der Waals surface area contributed by atoms with Crippen LogP contribution < -0.4 is 0 Å². The minimum Gasteiger partial charge on any atom is -0.477 e. The number of fused-ring (bicyclic) bond motifs is 6. The molecule has 6 aromatic heterocycles. The number of nitriles is 1. The molecule has 0 aliphatic carbocycles. The van der Waals surface area contributed by atoms with E-state index in [2.05, 4.69) is 32.0 Å². The number of carboxylic acid groups (broad SMARTS) is 1. The summed E-state index contributed by atoms with van der Waals surface area (Å²) in [6, 6.07) is 16.3. The van der Waals surface area contributed by atoms with Crippen LogP contribution in [-0.4, -0.2) is 15.6 Å². The summed E-state index contributed by atoms with van der Waals surface area (Å²) in [5, 5.41) is 16.1. The first-order chi connectivity index (χ1) is 32.3. The van der Waals surface area contributed by atoms with Gasteiger partial charge in [0.2, 0.25) is 0 Å². The molecule has 9 rings (SSSR count). The Bertz CT molecular complexity index is 3410. The number of rotatable bonds is 16. The van der Waals surface area contributed by atoms with Gasteiger partial charge in [0.25, 0.3) is 0 Å². The van der Waals surface area contributed by atoms with Gasteiger partial charge >= 0.3 is 5.97 Å². The van der Waals surface area contributed by atoms with E-state index in [1.807, 2.05) is 6.07 Å². The monoisotopic (exact) mass is 1010 g/mol. The van der Waals surface area contributed by atoms with Crippen LogP contribution in [0.15, 0.2) is 54.1 Å². The minimum absolute atomic E-state index is 0.175. The Balaban J connectivity index is 1.14. The zero-order valence-corrected chi connectivity index (χ0v) is 39.7. The Labute approximate surface area is 398 Å². The van der Waals surface area contributed by atoms with Crippen molar-refractivity contribution in [2.24, 2.45) is 0 Å². The van der Waals surface area contributed by atoms with Gasteiger partial charge in [-0.1, -0.05) is 64.5 Å². The second-order valence-electron chi connectivity index (χ2n) is 16.1. The van der Waals surface area contributed by atoms with E-state index in [4.69, 9.17) is 0 Å². The summed E-state index contributed by atoms with van der Waals surface area (Å²) in [6.45, 7) is 4.29. The fourth-order valence-corrected chi connectivity index (χ4v) is 15.1. The van der Waals surface area contributed by atoms with Gasteiger partial charge in [-0.15, -0.1) is 56.7 Å². The fraction of sp³-hybridized carbons (Fsp3) is 0.240. The summed E-state index contributed by atoms with van der Waals surface area (Å²) in [7, 11) is 0. The molecule has 0 aliphatic rings. The summed E-state index contributed by atoms with van der Waals surface area (Å²) in [6.07, 6.45) is 11.3. The third kappa shape index (κ3) is 8.28. The Morgan fingerprint density at radius 1 is 0.597 bits per heavy atom. The molecular weight excluding hydrogens is 973 g/mol. The van der Waals surface area contributed by atoms with E-state index >= 15 is 17.6 Å². The first-order valence-corrected chi connectivity index (χ1v) is 25.5. The minimum atomic E-state index is -2.32. The van der Waals surface area contributed by atoms with Crippen molar-refractivity contribution in [2.75, 3.05) is 0 Å². The number of nitrogens with zero attached hydrogens (tertiary/aromatic N) is 2. The van der Waals surface area contributed by atoms with Gasteiger partial charge in [-0.2, -0.15) is 5.26 Å². The first-order valence-electron chi connectivity index (χ1n) is 21.5. The number of thiophene rings is 5. The van der Waals surface area contributed by atoms with E-state index in [0.29, 0.717) is 15.0 Å². The van der Waals surface area contributed by atoms with Crippen molar-refractivity contribution in [1.82, 2.24) is 4.57 Å². The summed E-state index contributed by atoms with van der Waals surface area (Å²) in [5.41, 5.74) is 0.201. The van der Waals surface area contributed by atoms with Crippen LogP contribution in [0.4, 0.5) is 35.1 Å². The lowest BCUT2D eigenvalue weighted by Crippen LogP contribution is -2.03. The Kier molecular flexibility index (Phi) is 13.2. The quantitative estimate of drug-likeness (QED) is 0.0262. The molecule has 0 spiro atoms. The largest absolute Gasteiger partial charge is 0.477 e. The van der Waals surface area contributed by atoms with E-state index in [0.717, 1.165) is 113 Å². The van der Waals surface area contributed by atoms with Crippen molar-refractivity contribution >= 4 is 109 Å². The van der Waals surface area contributed by atoms with Crippen molar-refractivity contribution in [3.63, 3.8) is 0 Å². The average Bonchev–Trinajstić information content (AvgIpc) is 4.18. The molecule has 0 saturated carbocycles. The van der Waals surface area contributed by atoms with Crippen LogP contribution in [0.2, 0.25) is 0 Å². The van der Waals surface area contributed by atoms with Gasteiger partial charge in [0.05, 0.1) is 31.2 Å². The number of unbranched alkanes of at least 4 members (excludes halogenated alkanes) is 6. The molecule has 0 unspecified atom stereocenters. The number of carboxylic acids is 1. The van der Waals surface area contributed by atoms with Crippen LogP contribution >= 0.6 is 56.7 Å². The van der Waals surface area contributed by atoms with E-state index in [1.165, 1.54) is 35.1 Å². The maximum atomic E-state index is 15.6. The molecule has 3 aromatic carbocycles. The van der Waals surface area contributed by atoms with Gasteiger partial charge in [0.15, 0.2) is 46.5 Å². The number of carbonyl (C=O) groups is 1. The molecule has 6 heterocycles. The number of aryl methyl sites for hydroxylation is 2. The second kappa shape index (κ2) is 19.0. The number of aliphatic carboxylic acids is 1. The maximum absolute atomic E-state index is 15.6. The highest BCUT2D eigenvalue weighted by Gasteiger charge is 2.33. The number of hydrogen-bond acceptors (Lipinski definition) is 7. The Morgan fingerprint density at radius 2 is 1.10 bits per heavy atom. The van der Waals surface area contributed by atoms with Crippen molar-refractivity contribution in [3.8, 4) is 41.7 Å². The molecule has 4 nitrogen and oxygen atoms in total. The summed E-state index contributed by atoms with van der Waals surface area (Å²) in [5.74, 6) is -18.6. The predicted octanol–water partition coefficient (Wildman–Crippen LogP) is 17.7. The van der Waals surface area contributed by atoms with Crippen molar-refractivity contribution in [2.45, 2.75) is 78.1 Å². The second-order valence-corrected chi connectivity index (χ2v) is 21.4. The van der Waals surface area contributed by atoms with Crippen LogP contribution in [0, 0.1) is 57.9 Å². The van der Waals surface area contributed by atoms with Crippen molar-refractivity contribution in [1.29, 1.82) is 5.26 Å². The zero-order chi connectivity index (χ0) is 47.4. The van der Waals surface area contributed by atoms with Gasteiger partial charge in [-0.3, -0.25) is 0 Å². The van der Waals surface area contributed by atoms with Gasteiger partial charge in [0, 0.05) is 44.4 Å². The normalized spacial score (nSPS) is 12.2.